The van der Waals surface area contributed by atoms with Crippen molar-refractivity contribution in [3.8, 4) is 11.5 Å². The maximum absolute atomic E-state index is 10.7. The number of hydrogen-bond donors (Lipinski definition) is 1. The minimum Gasteiger partial charge on any atom is -0.495 e. The molecule has 0 amide bonds. The molecule has 100 valence electrons. The van der Waals surface area contributed by atoms with E-state index in [1.54, 1.807) is 14.2 Å². The molecule has 0 saturated carbocycles. The zero-order valence-electron chi connectivity index (χ0n) is 10.5. The molecule has 0 bridgehead atoms. The van der Waals surface area contributed by atoms with E-state index in [0.29, 0.717) is 37.6 Å². The molecule has 0 unspecified atom stereocenters. The van der Waals surface area contributed by atoms with Gasteiger partial charge in [-0.15, -0.1) is 0 Å². The summed E-state index contributed by atoms with van der Waals surface area (Å²) in [5.41, 5.74) is -0.112. The molecule has 0 radical (unpaired) electrons. The van der Waals surface area contributed by atoms with Crippen LogP contribution >= 0.6 is 15.9 Å². The lowest BCUT2D eigenvalue weighted by Gasteiger charge is -2.33. The van der Waals surface area contributed by atoms with Crippen LogP contribution in [0.5, 0.6) is 11.5 Å². The zero-order valence-corrected chi connectivity index (χ0v) is 12.1. The summed E-state index contributed by atoms with van der Waals surface area (Å²) in [6.07, 6.45) is 1.14. The fourth-order valence-electron chi connectivity index (χ4n) is 2.24. The molecular formula is C13H17BrO4. The van der Waals surface area contributed by atoms with E-state index in [4.69, 9.17) is 14.2 Å². The maximum Gasteiger partial charge on any atom is 0.142 e. The number of aliphatic hydroxyl groups is 1. The van der Waals surface area contributed by atoms with Crippen molar-refractivity contribution < 1.29 is 19.3 Å². The largest absolute Gasteiger partial charge is 0.495 e. The lowest BCUT2D eigenvalue weighted by atomic mass is 9.86. The van der Waals surface area contributed by atoms with Crippen LogP contribution in [-0.2, 0) is 10.3 Å². The first-order valence-corrected chi connectivity index (χ1v) is 6.63. The van der Waals surface area contributed by atoms with Crippen LogP contribution in [-0.4, -0.2) is 32.5 Å². The van der Waals surface area contributed by atoms with Gasteiger partial charge in [0.25, 0.3) is 0 Å². The molecule has 1 aromatic rings. The van der Waals surface area contributed by atoms with Gasteiger partial charge in [0.2, 0.25) is 0 Å². The molecule has 0 atom stereocenters. The molecule has 4 nitrogen and oxygen atoms in total. The van der Waals surface area contributed by atoms with Crippen molar-refractivity contribution in [1.29, 1.82) is 0 Å². The van der Waals surface area contributed by atoms with Gasteiger partial charge >= 0.3 is 0 Å². The summed E-state index contributed by atoms with van der Waals surface area (Å²) < 4.78 is 16.7. The highest BCUT2D eigenvalue weighted by atomic mass is 79.9. The summed E-state index contributed by atoms with van der Waals surface area (Å²) >= 11 is 3.45. The second-order valence-corrected chi connectivity index (χ2v) is 5.10. The first-order valence-electron chi connectivity index (χ1n) is 5.83. The van der Waals surface area contributed by atoms with Gasteiger partial charge in [-0.3, -0.25) is 0 Å². The maximum atomic E-state index is 10.7. The fraction of sp³-hybridized carbons (Fsp3) is 0.538. The molecule has 0 spiro atoms. The Balaban J connectivity index is 2.46. The van der Waals surface area contributed by atoms with Crippen molar-refractivity contribution in [3.63, 3.8) is 0 Å². The van der Waals surface area contributed by atoms with Gasteiger partial charge in [0.1, 0.15) is 16.0 Å². The van der Waals surface area contributed by atoms with Crippen molar-refractivity contribution in [3.05, 3.63) is 22.2 Å². The number of halogens is 1. The molecule has 1 aliphatic heterocycles. The van der Waals surface area contributed by atoms with Gasteiger partial charge in [-0.25, -0.2) is 0 Å². The smallest absolute Gasteiger partial charge is 0.142 e. The summed E-state index contributed by atoms with van der Waals surface area (Å²) in [7, 11) is 3.19. The highest BCUT2D eigenvalue weighted by Gasteiger charge is 2.35. The molecule has 18 heavy (non-hydrogen) atoms. The summed E-state index contributed by atoms with van der Waals surface area (Å²) in [6, 6.07) is 3.68. The standard InChI is InChI=1S/C13H17BrO4/c1-16-10-4-3-9(12(17-2)11(10)14)13(15)5-7-18-8-6-13/h3-4,15H,5-8H2,1-2H3. The molecule has 1 aromatic carbocycles. The molecule has 2 rings (SSSR count). The van der Waals surface area contributed by atoms with Crippen LogP contribution in [0.2, 0.25) is 0 Å². The van der Waals surface area contributed by atoms with Crippen LogP contribution in [0, 0.1) is 0 Å². The van der Waals surface area contributed by atoms with Gasteiger partial charge in [-0.2, -0.15) is 0 Å². The third-order valence-electron chi connectivity index (χ3n) is 3.31. The Bertz CT molecular complexity index is 427. The number of hydrogen-bond acceptors (Lipinski definition) is 4. The molecule has 1 saturated heterocycles. The predicted octanol–water partition coefficient (Wildman–Crippen LogP) is 2.46. The highest BCUT2D eigenvalue weighted by molar-refractivity contribution is 9.10. The first-order chi connectivity index (χ1) is 8.62. The van der Waals surface area contributed by atoms with E-state index in [-0.39, 0.29) is 0 Å². The monoisotopic (exact) mass is 316 g/mol. The van der Waals surface area contributed by atoms with E-state index >= 15 is 0 Å². The zero-order chi connectivity index (χ0) is 13.2. The Morgan fingerprint density at radius 1 is 1.22 bits per heavy atom. The quantitative estimate of drug-likeness (QED) is 0.930. The van der Waals surface area contributed by atoms with E-state index in [9.17, 15) is 5.11 Å². The molecule has 1 N–H and O–H groups in total. The van der Waals surface area contributed by atoms with E-state index in [1.165, 1.54) is 0 Å². The first kappa shape index (κ1) is 13.6. The average molecular weight is 317 g/mol. The lowest BCUT2D eigenvalue weighted by molar-refractivity contribution is -0.0690. The van der Waals surface area contributed by atoms with Crippen LogP contribution in [0.3, 0.4) is 0 Å². The summed E-state index contributed by atoms with van der Waals surface area (Å²) in [4.78, 5) is 0. The van der Waals surface area contributed by atoms with E-state index < -0.39 is 5.60 Å². The van der Waals surface area contributed by atoms with Crippen molar-refractivity contribution in [2.24, 2.45) is 0 Å². The van der Waals surface area contributed by atoms with Gasteiger partial charge < -0.3 is 19.3 Å². The normalized spacial score (nSPS) is 18.4. The predicted molar refractivity (Wildman–Crippen MR) is 71.2 cm³/mol. The van der Waals surface area contributed by atoms with E-state index in [2.05, 4.69) is 15.9 Å². The Labute approximate surface area is 115 Å². The third-order valence-corrected chi connectivity index (χ3v) is 4.06. The van der Waals surface area contributed by atoms with E-state index in [0.717, 1.165) is 10.0 Å². The van der Waals surface area contributed by atoms with Gasteiger partial charge in [-0.1, -0.05) is 0 Å². The van der Waals surface area contributed by atoms with Crippen molar-refractivity contribution >= 4 is 15.9 Å². The van der Waals surface area contributed by atoms with E-state index in [1.807, 2.05) is 12.1 Å². The molecule has 0 aromatic heterocycles. The van der Waals surface area contributed by atoms with Crippen LogP contribution in [0.15, 0.2) is 16.6 Å². The molecule has 1 fully saturated rings. The number of rotatable bonds is 3. The SMILES string of the molecule is COc1ccc(C2(O)CCOCC2)c(OC)c1Br. The Hall–Kier alpha value is -0.780. The van der Waals surface area contributed by atoms with Gasteiger partial charge in [0, 0.05) is 31.6 Å². The Kier molecular flexibility index (Phi) is 4.14. The fourth-order valence-corrected chi connectivity index (χ4v) is 2.91. The van der Waals surface area contributed by atoms with Crippen molar-refractivity contribution in [2.75, 3.05) is 27.4 Å². The summed E-state index contributed by atoms with van der Waals surface area (Å²) in [5.74, 6) is 1.31. The molecule has 1 heterocycles. The van der Waals surface area contributed by atoms with Crippen LogP contribution in [0.1, 0.15) is 18.4 Å². The minimum atomic E-state index is -0.890. The number of ether oxygens (including phenoxy) is 3. The molecule has 5 heteroatoms. The molecular weight excluding hydrogens is 300 g/mol. The topological polar surface area (TPSA) is 47.9 Å². The number of methoxy groups -OCH3 is 2. The van der Waals surface area contributed by atoms with Gasteiger partial charge in [0.05, 0.1) is 19.8 Å². The third kappa shape index (κ3) is 2.35. The van der Waals surface area contributed by atoms with Crippen LogP contribution in [0.25, 0.3) is 0 Å². The average Bonchev–Trinajstić information content (AvgIpc) is 2.39. The van der Waals surface area contributed by atoms with Crippen molar-refractivity contribution in [1.82, 2.24) is 0 Å². The Morgan fingerprint density at radius 2 is 1.89 bits per heavy atom. The highest BCUT2D eigenvalue weighted by Crippen LogP contribution is 2.44. The van der Waals surface area contributed by atoms with Gasteiger partial charge in [-0.05, 0) is 28.1 Å². The lowest BCUT2D eigenvalue weighted by Crippen LogP contribution is -2.33. The molecule has 1 aliphatic rings. The minimum absolute atomic E-state index is 0.559. The second kappa shape index (κ2) is 5.47. The van der Waals surface area contributed by atoms with Crippen LogP contribution in [0.4, 0.5) is 0 Å². The summed E-state index contributed by atoms with van der Waals surface area (Å²) in [5, 5.41) is 10.7. The second-order valence-electron chi connectivity index (χ2n) is 4.31. The molecule has 0 aliphatic carbocycles. The van der Waals surface area contributed by atoms with Gasteiger partial charge in [0.15, 0.2) is 0 Å². The van der Waals surface area contributed by atoms with Crippen LogP contribution < -0.4 is 9.47 Å². The Morgan fingerprint density at radius 3 is 2.44 bits per heavy atom. The summed E-state index contributed by atoms with van der Waals surface area (Å²) in [6.45, 7) is 1.12. The number of benzene rings is 1. The van der Waals surface area contributed by atoms with Crippen molar-refractivity contribution in [2.45, 2.75) is 18.4 Å².